The van der Waals surface area contributed by atoms with E-state index in [1.54, 1.807) is 6.07 Å². The number of halogens is 2. The summed E-state index contributed by atoms with van der Waals surface area (Å²) in [4.78, 5) is 2.07. The number of hydrogen-bond donors (Lipinski definition) is 1. The molecule has 1 atom stereocenters. The van der Waals surface area contributed by atoms with Crippen LogP contribution in [0, 0.1) is 11.7 Å². The van der Waals surface area contributed by atoms with Crippen LogP contribution in [0.3, 0.4) is 0 Å². The van der Waals surface area contributed by atoms with E-state index in [1.807, 2.05) is 6.07 Å². The number of aliphatic hydroxyl groups is 1. The van der Waals surface area contributed by atoms with Crippen LogP contribution in [-0.2, 0) is 0 Å². The van der Waals surface area contributed by atoms with Crippen LogP contribution in [0.1, 0.15) is 6.42 Å². The van der Waals surface area contributed by atoms with Crippen LogP contribution in [0.2, 0.25) is 5.02 Å². The van der Waals surface area contributed by atoms with Gasteiger partial charge in [-0.1, -0.05) is 11.6 Å². The molecule has 1 aromatic carbocycles. The van der Waals surface area contributed by atoms with Gasteiger partial charge in [0, 0.05) is 31.3 Å². The molecular formula is C11H13ClFNO. The van der Waals surface area contributed by atoms with Crippen LogP contribution >= 0.6 is 11.6 Å². The van der Waals surface area contributed by atoms with Crippen molar-refractivity contribution in [3.05, 3.63) is 29.0 Å². The van der Waals surface area contributed by atoms with Crippen molar-refractivity contribution in [2.75, 3.05) is 24.6 Å². The third-order valence-electron chi connectivity index (χ3n) is 2.81. The summed E-state index contributed by atoms with van der Waals surface area (Å²) in [5, 5.41) is 9.16. The van der Waals surface area contributed by atoms with Gasteiger partial charge in [0.2, 0.25) is 0 Å². The predicted molar refractivity (Wildman–Crippen MR) is 58.8 cm³/mol. The molecule has 1 aliphatic heterocycles. The third kappa shape index (κ3) is 2.24. The first-order chi connectivity index (χ1) is 7.20. The van der Waals surface area contributed by atoms with E-state index in [0.29, 0.717) is 5.92 Å². The van der Waals surface area contributed by atoms with Crippen LogP contribution in [0.4, 0.5) is 10.1 Å². The average Bonchev–Trinajstić information content (AvgIpc) is 2.70. The molecule has 0 radical (unpaired) electrons. The monoisotopic (exact) mass is 229 g/mol. The molecule has 0 spiro atoms. The van der Waals surface area contributed by atoms with Gasteiger partial charge < -0.3 is 10.0 Å². The first-order valence-corrected chi connectivity index (χ1v) is 5.39. The van der Waals surface area contributed by atoms with Crippen molar-refractivity contribution < 1.29 is 9.50 Å². The molecule has 2 rings (SSSR count). The molecular weight excluding hydrogens is 217 g/mol. The minimum absolute atomic E-state index is 0.150. The summed E-state index contributed by atoms with van der Waals surface area (Å²) in [6.07, 6.45) is 0.959. The second kappa shape index (κ2) is 4.37. The lowest BCUT2D eigenvalue weighted by Crippen LogP contribution is -2.20. The van der Waals surface area contributed by atoms with E-state index in [4.69, 9.17) is 16.7 Å². The molecule has 0 amide bonds. The summed E-state index contributed by atoms with van der Waals surface area (Å²) in [7, 11) is 0. The smallest absolute Gasteiger partial charge is 0.143 e. The van der Waals surface area contributed by atoms with Crippen LogP contribution in [0.25, 0.3) is 0 Å². The highest BCUT2D eigenvalue weighted by molar-refractivity contribution is 6.30. The summed E-state index contributed by atoms with van der Waals surface area (Å²) in [6.45, 7) is 1.86. The Hall–Kier alpha value is -0.800. The number of nitrogens with zero attached hydrogens (tertiary/aromatic N) is 1. The van der Waals surface area contributed by atoms with E-state index in [2.05, 4.69) is 4.90 Å². The highest BCUT2D eigenvalue weighted by Crippen LogP contribution is 2.26. The van der Waals surface area contributed by atoms with Gasteiger partial charge in [-0.3, -0.25) is 0 Å². The summed E-state index contributed by atoms with van der Waals surface area (Å²) in [5.41, 5.74) is 0.841. The van der Waals surface area contributed by atoms with Gasteiger partial charge in [0.05, 0.1) is 5.02 Å². The lowest BCUT2D eigenvalue weighted by atomic mass is 10.1. The standard InChI is InChI=1S/C11H13ClFNO/c12-10-2-1-9(5-11(10)13)14-4-3-8(6-14)7-15/h1-2,5,8,15H,3-4,6-7H2/t8-/m0/s1. The van der Waals surface area contributed by atoms with Gasteiger partial charge in [-0.05, 0) is 24.6 Å². The van der Waals surface area contributed by atoms with Crippen LogP contribution in [-0.4, -0.2) is 24.8 Å². The van der Waals surface area contributed by atoms with Gasteiger partial charge in [0.15, 0.2) is 0 Å². The minimum atomic E-state index is -0.387. The van der Waals surface area contributed by atoms with Crippen LogP contribution in [0.15, 0.2) is 18.2 Å². The quantitative estimate of drug-likeness (QED) is 0.841. The zero-order valence-corrected chi connectivity index (χ0v) is 9.04. The normalized spacial score (nSPS) is 21.0. The Morgan fingerprint density at radius 3 is 2.93 bits per heavy atom. The Morgan fingerprint density at radius 1 is 1.53 bits per heavy atom. The first kappa shape index (κ1) is 10.7. The van der Waals surface area contributed by atoms with Crippen molar-refractivity contribution in [3.63, 3.8) is 0 Å². The van der Waals surface area contributed by atoms with Crippen LogP contribution in [0.5, 0.6) is 0 Å². The fraction of sp³-hybridized carbons (Fsp3) is 0.455. The van der Waals surface area contributed by atoms with E-state index < -0.39 is 0 Å². The largest absolute Gasteiger partial charge is 0.396 e. The molecule has 1 fully saturated rings. The zero-order chi connectivity index (χ0) is 10.8. The van der Waals surface area contributed by atoms with Crippen molar-refractivity contribution in [1.29, 1.82) is 0 Å². The maximum atomic E-state index is 13.2. The van der Waals surface area contributed by atoms with Gasteiger partial charge in [-0.15, -0.1) is 0 Å². The third-order valence-corrected chi connectivity index (χ3v) is 3.12. The van der Waals surface area contributed by atoms with E-state index in [-0.39, 0.29) is 17.4 Å². The molecule has 0 unspecified atom stereocenters. The highest BCUT2D eigenvalue weighted by atomic mass is 35.5. The summed E-state index contributed by atoms with van der Waals surface area (Å²) >= 11 is 5.61. The highest BCUT2D eigenvalue weighted by Gasteiger charge is 2.22. The molecule has 0 aromatic heterocycles. The van der Waals surface area contributed by atoms with Gasteiger partial charge in [-0.25, -0.2) is 4.39 Å². The van der Waals surface area contributed by atoms with E-state index >= 15 is 0 Å². The fourth-order valence-electron chi connectivity index (χ4n) is 1.90. The molecule has 1 saturated heterocycles. The molecule has 2 nitrogen and oxygen atoms in total. The summed E-state index contributed by atoms with van der Waals surface area (Å²) in [5.74, 6) is -0.0784. The van der Waals surface area contributed by atoms with Crippen molar-refractivity contribution in [3.8, 4) is 0 Å². The van der Waals surface area contributed by atoms with Gasteiger partial charge in [-0.2, -0.15) is 0 Å². The molecule has 82 valence electrons. The van der Waals surface area contributed by atoms with E-state index in [9.17, 15) is 4.39 Å². The zero-order valence-electron chi connectivity index (χ0n) is 8.29. The Balaban J connectivity index is 2.13. The molecule has 0 aliphatic carbocycles. The molecule has 1 N–H and O–H groups in total. The Labute approximate surface area is 93.3 Å². The molecule has 15 heavy (non-hydrogen) atoms. The molecule has 1 aromatic rings. The summed E-state index contributed by atoms with van der Waals surface area (Å²) < 4.78 is 13.2. The molecule has 1 heterocycles. The predicted octanol–water partition coefficient (Wildman–Crippen LogP) is 2.30. The van der Waals surface area contributed by atoms with E-state index in [0.717, 1.165) is 25.2 Å². The fourth-order valence-corrected chi connectivity index (χ4v) is 2.02. The van der Waals surface area contributed by atoms with Crippen molar-refractivity contribution in [2.45, 2.75) is 6.42 Å². The maximum absolute atomic E-state index is 13.2. The topological polar surface area (TPSA) is 23.5 Å². The Morgan fingerprint density at radius 2 is 2.33 bits per heavy atom. The van der Waals surface area contributed by atoms with Crippen molar-refractivity contribution >= 4 is 17.3 Å². The second-order valence-corrected chi connectivity index (χ2v) is 4.29. The average molecular weight is 230 g/mol. The van der Waals surface area contributed by atoms with Gasteiger partial charge in [0.1, 0.15) is 5.82 Å². The van der Waals surface area contributed by atoms with Crippen LogP contribution < -0.4 is 4.90 Å². The lowest BCUT2D eigenvalue weighted by Gasteiger charge is -2.18. The Kier molecular flexibility index (Phi) is 3.12. The second-order valence-electron chi connectivity index (χ2n) is 3.88. The molecule has 0 bridgehead atoms. The molecule has 4 heteroatoms. The van der Waals surface area contributed by atoms with Crippen molar-refractivity contribution in [2.24, 2.45) is 5.92 Å². The number of anilines is 1. The minimum Gasteiger partial charge on any atom is -0.396 e. The molecule has 0 saturated carbocycles. The van der Waals surface area contributed by atoms with Crippen molar-refractivity contribution in [1.82, 2.24) is 0 Å². The molecule has 1 aliphatic rings. The number of hydrogen-bond acceptors (Lipinski definition) is 2. The van der Waals surface area contributed by atoms with Gasteiger partial charge >= 0.3 is 0 Å². The first-order valence-electron chi connectivity index (χ1n) is 5.01. The number of benzene rings is 1. The Bertz CT molecular complexity index is 358. The SMILES string of the molecule is OC[C@H]1CCN(c2ccc(Cl)c(F)c2)C1. The number of rotatable bonds is 2. The summed E-state index contributed by atoms with van der Waals surface area (Å²) in [6, 6.07) is 4.83. The lowest BCUT2D eigenvalue weighted by molar-refractivity contribution is 0.238. The van der Waals surface area contributed by atoms with Gasteiger partial charge in [0.25, 0.3) is 0 Å². The van der Waals surface area contributed by atoms with E-state index in [1.165, 1.54) is 6.07 Å². The maximum Gasteiger partial charge on any atom is 0.143 e. The number of aliphatic hydroxyl groups excluding tert-OH is 1.